The Morgan fingerprint density at radius 3 is 2.96 bits per heavy atom. The first-order valence-electron chi connectivity index (χ1n) is 7.59. The Bertz CT molecular complexity index is 619. The van der Waals surface area contributed by atoms with Crippen LogP contribution in [0.3, 0.4) is 0 Å². The lowest BCUT2D eigenvalue weighted by molar-refractivity contribution is -0.123. The predicted octanol–water partition coefficient (Wildman–Crippen LogP) is 0.489. The second-order valence-electron chi connectivity index (χ2n) is 5.08. The van der Waals surface area contributed by atoms with Crippen molar-refractivity contribution in [3.63, 3.8) is 0 Å². The van der Waals surface area contributed by atoms with Gasteiger partial charge in [-0.1, -0.05) is 5.92 Å². The molecular formula is C17H21N3O4. The van der Waals surface area contributed by atoms with Crippen molar-refractivity contribution in [3.05, 3.63) is 23.8 Å². The van der Waals surface area contributed by atoms with Crippen molar-refractivity contribution in [2.45, 2.75) is 0 Å². The summed E-state index contributed by atoms with van der Waals surface area (Å²) in [6, 6.07) is 5.29. The summed E-state index contributed by atoms with van der Waals surface area (Å²) >= 11 is 0. The Morgan fingerprint density at radius 2 is 2.25 bits per heavy atom. The fourth-order valence-electron chi connectivity index (χ4n) is 2.18. The summed E-state index contributed by atoms with van der Waals surface area (Å²) in [4.78, 5) is 13.8. The first-order valence-corrected chi connectivity index (χ1v) is 7.59. The SMILES string of the molecule is C#CCOc1ccc(/C=N/NC(=O)CN2CCOCC2)cc1OC. The Labute approximate surface area is 141 Å². The third-order valence-electron chi connectivity index (χ3n) is 3.37. The molecule has 0 aromatic heterocycles. The molecule has 0 bridgehead atoms. The summed E-state index contributed by atoms with van der Waals surface area (Å²) in [5.74, 6) is 3.35. The number of terminal acetylenes is 1. The van der Waals surface area contributed by atoms with E-state index in [4.69, 9.17) is 20.6 Å². The number of carbonyl (C=O) groups is 1. The first kappa shape index (κ1) is 17.8. The molecule has 24 heavy (non-hydrogen) atoms. The average molecular weight is 331 g/mol. The van der Waals surface area contributed by atoms with Gasteiger partial charge in [-0.15, -0.1) is 6.42 Å². The van der Waals surface area contributed by atoms with Crippen molar-refractivity contribution in [1.82, 2.24) is 10.3 Å². The molecule has 1 aliphatic heterocycles. The fourth-order valence-corrected chi connectivity index (χ4v) is 2.18. The monoisotopic (exact) mass is 331 g/mol. The van der Waals surface area contributed by atoms with E-state index in [9.17, 15) is 4.79 Å². The average Bonchev–Trinajstić information content (AvgIpc) is 2.61. The second-order valence-corrected chi connectivity index (χ2v) is 5.08. The summed E-state index contributed by atoms with van der Waals surface area (Å²) in [5, 5.41) is 3.96. The van der Waals surface area contributed by atoms with E-state index >= 15 is 0 Å². The lowest BCUT2D eigenvalue weighted by Gasteiger charge is -2.25. The van der Waals surface area contributed by atoms with Crippen LogP contribution in [0, 0.1) is 12.3 Å². The molecule has 0 spiro atoms. The van der Waals surface area contributed by atoms with Crippen LogP contribution in [0.2, 0.25) is 0 Å². The number of rotatable bonds is 7. The Balaban J connectivity index is 1.86. The van der Waals surface area contributed by atoms with E-state index in [-0.39, 0.29) is 12.5 Å². The third kappa shape index (κ3) is 5.57. The molecule has 1 aromatic carbocycles. The molecule has 1 aliphatic rings. The maximum atomic E-state index is 11.8. The number of benzene rings is 1. The molecule has 1 heterocycles. The van der Waals surface area contributed by atoms with Crippen molar-refractivity contribution < 1.29 is 19.0 Å². The van der Waals surface area contributed by atoms with Gasteiger partial charge in [-0.3, -0.25) is 9.69 Å². The number of hydrogen-bond donors (Lipinski definition) is 1. The zero-order valence-corrected chi connectivity index (χ0v) is 13.7. The molecule has 1 aromatic rings. The van der Waals surface area contributed by atoms with Crippen LogP contribution in [0.15, 0.2) is 23.3 Å². The van der Waals surface area contributed by atoms with Crippen LogP contribution in [0.25, 0.3) is 0 Å². The second kappa shape index (κ2) is 9.55. The van der Waals surface area contributed by atoms with Gasteiger partial charge in [0.2, 0.25) is 0 Å². The topological polar surface area (TPSA) is 72.4 Å². The van der Waals surface area contributed by atoms with Gasteiger partial charge in [0.05, 0.1) is 33.1 Å². The maximum absolute atomic E-state index is 11.8. The minimum atomic E-state index is -0.158. The van der Waals surface area contributed by atoms with Crippen molar-refractivity contribution >= 4 is 12.1 Å². The van der Waals surface area contributed by atoms with Gasteiger partial charge < -0.3 is 14.2 Å². The lowest BCUT2D eigenvalue weighted by Crippen LogP contribution is -2.42. The molecule has 0 radical (unpaired) electrons. The smallest absolute Gasteiger partial charge is 0.254 e. The molecule has 2 rings (SSSR count). The number of morpholine rings is 1. The number of amides is 1. The van der Waals surface area contributed by atoms with Crippen LogP contribution in [-0.2, 0) is 9.53 Å². The molecule has 7 nitrogen and oxygen atoms in total. The molecule has 1 N–H and O–H groups in total. The van der Waals surface area contributed by atoms with Gasteiger partial charge in [-0.2, -0.15) is 5.10 Å². The zero-order valence-electron chi connectivity index (χ0n) is 13.7. The van der Waals surface area contributed by atoms with E-state index in [1.807, 2.05) is 4.90 Å². The van der Waals surface area contributed by atoms with Crippen LogP contribution >= 0.6 is 0 Å². The Kier molecular flexibility index (Phi) is 7.08. The molecule has 128 valence electrons. The number of hydrazone groups is 1. The Hall–Kier alpha value is -2.56. The van der Waals surface area contributed by atoms with Crippen molar-refractivity contribution in [2.75, 3.05) is 46.6 Å². The van der Waals surface area contributed by atoms with Gasteiger partial charge >= 0.3 is 0 Å². The zero-order chi connectivity index (χ0) is 17.2. The van der Waals surface area contributed by atoms with E-state index in [0.717, 1.165) is 18.7 Å². The number of hydrogen-bond acceptors (Lipinski definition) is 6. The minimum Gasteiger partial charge on any atom is -0.493 e. The molecule has 1 saturated heterocycles. The van der Waals surface area contributed by atoms with Crippen LogP contribution in [0.4, 0.5) is 0 Å². The summed E-state index contributed by atoms with van der Waals surface area (Å²) < 4.78 is 15.9. The van der Waals surface area contributed by atoms with Gasteiger partial charge in [0.25, 0.3) is 5.91 Å². The number of carbonyl (C=O) groups excluding carboxylic acids is 1. The van der Waals surface area contributed by atoms with E-state index in [1.165, 1.54) is 0 Å². The molecule has 0 aliphatic carbocycles. The van der Waals surface area contributed by atoms with Gasteiger partial charge in [-0.05, 0) is 23.8 Å². The van der Waals surface area contributed by atoms with Crippen LogP contribution < -0.4 is 14.9 Å². The fraction of sp³-hybridized carbons (Fsp3) is 0.412. The number of ether oxygens (including phenoxy) is 3. The van der Waals surface area contributed by atoms with Crippen molar-refractivity contribution in [1.29, 1.82) is 0 Å². The van der Waals surface area contributed by atoms with Crippen LogP contribution in [0.5, 0.6) is 11.5 Å². The normalized spacial score (nSPS) is 15.0. The van der Waals surface area contributed by atoms with Crippen molar-refractivity contribution in [2.24, 2.45) is 5.10 Å². The highest BCUT2D eigenvalue weighted by atomic mass is 16.5. The summed E-state index contributed by atoms with van der Waals surface area (Å²) in [6.45, 7) is 3.31. The van der Waals surface area contributed by atoms with Gasteiger partial charge in [0.1, 0.15) is 6.61 Å². The summed E-state index contributed by atoms with van der Waals surface area (Å²) in [7, 11) is 1.54. The van der Waals surface area contributed by atoms with E-state index in [0.29, 0.717) is 31.3 Å². The van der Waals surface area contributed by atoms with E-state index in [2.05, 4.69) is 16.4 Å². The molecule has 0 atom stereocenters. The standard InChI is InChI=1S/C17H21N3O4/c1-3-8-24-15-5-4-14(11-16(15)22-2)12-18-19-17(21)13-20-6-9-23-10-7-20/h1,4-5,11-12H,6-10,13H2,2H3,(H,19,21)/b18-12+. The van der Waals surface area contributed by atoms with Gasteiger partial charge in [0, 0.05) is 13.1 Å². The molecule has 0 saturated carbocycles. The molecule has 7 heteroatoms. The number of nitrogens with one attached hydrogen (secondary N) is 1. The van der Waals surface area contributed by atoms with Crippen LogP contribution in [-0.4, -0.2) is 63.6 Å². The highest BCUT2D eigenvalue weighted by Gasteiger charge is 2.13. The quantitative estimate of drug-likeness (QED) is 0.447. The minimum absolute atomic E-state index is 0.158. The first-order chi connectivity index (χ1) is 11.7. The summed E-state index contributed by atoms with van der Waals surface area (Å²) in [6.07, 6.45) is 6.72. The highest BCUT2D eigenvalue weighted by Crippen LogP contribution is 2.27. The van der Waals surface area contributed by atoms with E-state index in [1.54, 1.807) is 31.5 Å². The molecule has 1 amide bonds. The molecule has 1 fully saturated rings. The van der Waals surface area contributed by atoms with E-state index < -0.39 is 0 Å². The summed E-state index contributed by atoms with van der Waals surface area (Å²) in [5.41, 5.74) is 3.28. The molecule has 0 unspecified atom stereocenters. The largest absolute Gasteiger partial charge is 0.493 e. The molecular weight excluding hydrogens is 310 g/mol. The lowest BCUT2D eigenvalue weighted by atomic mass is 10.2. The third-order valence-corrected chi connectivity index (χ3v) is 3.37. The highest BCUT2D eigenvalue weighted by molar-refractivity contribution is 5.83. The predicted molar refractivity (Wildman–Crippen MR) is 90.3 cm³/mol. The van der Waals surface area contributed by atoms with Crippen molar-refractivity contribution in [3.8, 4) is 23.8 Å². The number of nitrogens with zero attached hydrogens (tertiary/aromatic N) is 2. The number of methoxy groups -OCH3 is 1. The Morgan fingerprint density at radius 1 is 1.46 bits per heavy atom. The van der Waals surface area contributed by atoms with Crippen LogP contribution in [0.1, 0.15) is 5.56 Å². The van der Waals surface area contributed by atoms with Gasteiger partial charge in [0.15, 0.2) is 11.5 Å². The maximum Gasteiger partial charge on any atom is 0.254 e. The van der Waals surface area contributed by atoms with Gasteiger partial charge in [-0.25, -0.2) is 5.43 Å².